The Morgan fingerprint density at radius 1 is 1.33 bits per heavy atom. The Morgan fingerprint density at radius 3 is 3.07 bits per heavy atom. The second kappa shape index (κ2) is 3.57. The zero-order valence-corrected chi connectivity index (χ0v) is 9.24. The van der Waals surface area contributed by atoms with Gasteiger partial charge in [-0.3, -0.25) is 0 Å². The first-order chi connectivity index (χ1) is 7.33. The van der Waals surface area contributed by atoms with Crippen molar-refractivity contribution in [2.45, 2.75) is 18.9 Å². The average molecular weight is 220 g/mol. The molecule has 1 saturated carbocycles. The quantitative estimate of drug-likeness (QED) is 0.748. The van der Waals surface area contributed by atoms with Gasteiger partial charge in [-0.1, -0.05) is 29.8 Å². The predicted octanol–water partition coefficient (Wildman–Crippen LogP) is 3.72. The lowest BCUT2D eigenvalue weighted by molar-refractivity contribution is 0.218. The highest BCUT2D eigenvalue weighted by Crippen LogP contribution is 2.44. The molecule has 0 heterocycles. The van der Waals surface area contributed by atoms with Crippen molar-refractivity contribution in [3.05, 3.63) is 41.4 Å². The van der Waals surface area contributed by atoms with Gasteiger partial charge >= 0.3 is 0 Å². The maximum Gasteiger partial charge on any atom is 0.0426 e. The summed E-state index contributed by atoms with van der Waals surface area (Å²) in [5.41, 5.74) is 1.14. The Labute approximate surface area is 95.1 Å². The molecule has 1 fully saturated rings. The molecule has 0 aliphatic heterocycles. The third kappa shape index (κ3) is 1.65. The molecule has 3 unspecified atom stereocenters. The van der Waals surface area contributed by atoms with Gasteiger partial charge in [0.2, 0.25) is 0 Å². The lowest BCUT2D eigenvalue weighted by atomic mass is 9.71. The molecule has 2 aliphatic carbocycles. The summed E-state index contributed by atoms with van der Waals surface area (Å²) in [6, 6.07) is 8.59. The summed E-state index contributed by atoms with van der Waals surface area (Å²) in [4.78, 5) is 0. The molecule has 1 aromatic carbocycles. The highest BCUT2D eigenvalue weighted by molar-refractivity contribution is 6.30. The molecule has 0 aromatic heterocycles. The van der Waals surface area contributed by atoms with Gasteiger partial charge in [0, 0.05) is 22.7 Å². The maximum absolute atomic E-state index is 5.95. The molecule has 3 rings (SSSR count). The molecular formula is C13H14ClN. The summed E-state index contributed by atoms with van der Waals surface area (Å²) in [5.74, 6) is 1.66. The van der Waals surface area contributed by atoms with Gasteiger partial charge < -0.3 is 5.32 Å². The highest BCUT2D eigenvalue weighted by atomic mass is 35.5. The van der Waals surface area contributed by atoms with Crippen molar-refractivity contribution in [2.24, 2.45) is 11.8 Å². The Balaban J connectivity index is 1.69. The molecule has 2 heteroatoms. The average Bonchev–Trinajstić information content (AvgIpc) is 2.56. The standard InChI is InChI=1S/C13H14ClN/c14-10-4-2-5-11(8-10)15-13-7-9-3-1-6-12(9)13/h1-2,4-6,8-9,12-13,15H,3,7H2. The van der Waals surface area contributed by atoms with E-state index in [-0.39, 0.29) is 0 Å². The van der Waals surface area contributed by atoms with Crippen molar-refractivity contribution in [1.82, 2.24) is 0 Å². The fourth-order valence-corrected chi connectivity index (χ4v) is 2.87. The van der Waals surface area contributed by atoms with Gasteiger partial charge in [-0.25, -0.2) is 0 Å². The SMILES string of the molecule is Clc1cccc(NC2CC3CC=CC32)c1. The van der Waals surface area contributed by atoms with Crippen molar-refractivity contribution >= 4 is 17.3 Å². The summed E-state index contributed by atoms with van der Waals surface area (Å²) in [6.45, 7) is 0. The number of benzene rings is 1. The van der Waals surface area contributed by atoms with E-state index in [2.05, 4.69) is 23.5 Å². The number of hydrogen-bond donors (Lipinski definition) is 1. The van der Waals surface area contributed by atoms with Crippen LogP contribution < -0.4 is 5.32 Å². The number of hydrogen-bond acceptors (Lipinski definition) is 1. The molecule has 2 aliphatic rings. The van der Waals surface area contributed by atoms with E-state index in [1.165, 1.54) is 12.8 Å². The van der Waals surface area contributed by atoms with Gasteiger partial charge in [0.05, 0.1) is 0 Å². The number of rotatable bonds is 2. The molecule has 1 N–H and O–H groups in total. The van der Waals surface area contributed by atoms with E-state index in [1.807, 2.05) is 18.2 Å². The van der Waals surface area contributed by atoms with Crippen LogP contribution in [-0.4, -0.2) is 6.04 Å². The number of allylic oxidation sites excluding steroid dienone is 1. The van der Waals surface area contributed by atoms with Crippen LogP contribution in [0, 0.1) is 11.8 Å². The summed E-state index contributed by atoms with van der Waals surface area (Å²) in [7, 11) is 0. The van der Waals surface area contributed by atoms with Gasteiger partial charge in [0.25, 0.3) is 0 Å². The largest absolute Gasteiger partial charge is 0.382 e. The molecular weight excluding hydrogens is 206 g/mol. The number of halogens is 1. The Hall–Kier alpha value is -0.950. The van der Waals surface area contributed by atoms with Gasteiger partial charge in [0.15, 0.2) is 0 Å². The summed E-state index contributed by atoms with van der Waals surface area (Å²) in [6.07, 6.45) is 7.24. The van der Waals surface area contributed by atoms with Crippen LogP contribution in [0.15, 0.2) is 36.4 Å². The van der Waals surface area contributed by atoms with Crippen LogP contribution in [0.4, 0.5) is 5.69 Å². The molecule has 0 bridgehead atoms. The molecule has 1 nitrogen and oxygen atoms in total. The molecule has 15 heavy (non-hydrogen) atoms. The van der Waals surface area contributed by atoms with E-state index in [0.717, 1.165) is 22.5 Å². The fourth-order valence-electron chi connectivity index (χ4n) is 2.68. The molecule has 0 spiro atoms. The van der Waals surface area contributed by atoms with Gasteiger partial charge in [0.1, 0.15) is 0 Å². The molecule has 0 radical (unpaired) electrons. The molecule has 3 atom stereocenters. The number of fused-ring (bicyclic) bond motifs is 1. The molecule has 0 amide bonds. The first-order valence-corrected chi connectivity index (χ1v) is 5.89. The normalized spacial score (nSPS) is 32.2. The van der Waals surface area contributed by atoms with Crippen LogP contribution in [0.2, 0.25) is 5.02 Å². The molecule has 78 valence electrons. The van der Waals surface area contributed by atoms with Gasteiger partial charge in [-0.15, -0.1) is 0 Å². The molecule has 0 saturated heterocycles. The van der Waals surface area contributed by atoms with E-state index in [1.54, 1.807) is 0 Å². The Morgan fingerprint density at radius 2 is 2.27 bits per heavy atom. The van der Waals surface area contributed by atoms with Crippen LogP contribution in [-0.2, 0) is 0 Å². The van der Waals surface area contributed by atoms with Crippen LogP contribution in [0.5, 0.6) is 0 Å². The van der Waals surface area contributed by atoms with E-state index in [0.29, 0.717) is 6.04 Å². The van der Waals surface area contributed by atoms with E-state index in [4.69, 9.17) is 11.6 Å². The fraction of sp³-hybridized carbons (Fsp3) is 0.385. The number of anilines is 1. The maximum atomic E-state index is 5.95. The Bertz CT molecular complexity index is 399. The first-order valence-electron chi connectivity index (χ1n) is 5.52. The zero-order valence-electron chi connectivity index (χ0n) is 8.49. The van der Waals surface area contributed by atoms with Crippen molar-refractivity contribution in [3.8, 4) is 0 Å². The number of nitrogens with one attached hydrogen (secondary N) is 1. The van der Waals surface area contributed by atoms with Gasteiger partial charge in [-0.05, 0) is 37.0 Å². The summed E-state index contributed by atoms with van der Waals surface area (Å²) < 4.78 is 0. The van der Waals surface area contributed by atoms with Crippen molar-refractivity contribution in [3.63, 3.8) is 0 Å². The van der Waals surface area contributed by atoms with Crippen LogP contribution >= 0.6 is 11.6 Å². The topological polar surface area (TPSA) is 12.0 Å². The second-order valence-corrected chi connectivity index (χ2v) is 4.93. The second-order valence-electron chi connectivity index (χ2n) is 4.50. The van der Waals surface area contributed by atoms with Crippen molar-refractivity contribution in [2.75, 3.05) is 5.32 Å². The smallest absolute Gasteiger partial charge is 0.0426 e. The first kappa shape index (κ1) is 9.29. The van der Waals surface area contributed by atoms with Gasteiger partial charge in [-0.2, -0.15) is 0 Å². The summed E-state index contributed by atoms with van der Waals surface area (Å²) >= 11 is 5.95. The third-order valence-corrected chi connectivity index (χ3v) is 3.77. The van der Waals surface area contributed by atoms with E-state index < -0.39 is 0 Å². The lowest BCUT2D eigenvalue weighted by Gasteiger charge is -2.41. The molecule has 1 aromatic rings. The van der Waals surface area contributed by atoms with Crippen molar-refractivity contribution < 1.29 is 0 Å². The minimum atomic E-state index is 0.618. The third-order valence-electron chi connectivity index (χ3n) is 3.54. The minimum absolute atomic E-state index is 0.618. The van der Waals surface area contributed by atoms with E-state index >= 15 is 0 Å². The highest BCUT2D eigenvalue weighted by Gasteiger charge is 2.40. The Kier molecular flexibility index (Phi) is 2.21. The van der Waals surface area contributed by atoms with Crippen LogP contribution in [0.1, 0.15) is 12.8 Å². The van der Waals surface area contributed by atoms with Crippen LogP contribution in [0.25, 0.3) is 0 Å². The monoisotopic (exact) mass is 219 g/mol. The predicted molar refractivity (Wildman–Crippen MR) is 64.2 cm³/mol. The summed E-state index contributed by atoms with van der Waals surface area (Å²) in [5, 5.41) is 4.36. The van der Waals surface area contributed by atoms with E-state index in [9.17, 15) is 0 Å². The van der Waals surface area contributed by atoms with Crippen LogP contribution in [0.3, 0.4) is 0 Å². The minimum Gasteiger partial charge on any atom is -0.382 e. The zero-order chi connectivity index (χ0) is 10.3. The van der Waals surface area contributed by atoms with Crippen molar-refractivity contribution in [1.29, 1.82) is 0 Å². The lowest BCUT2D eigenvalue weighted by Crippen LogP contribution is -2.43.